The first-order valence-corrected chi connectivity index (χ1v) is 9.55. The van der Waals surface area contributed by atoms with E-state index in [1.807, 2.05) is 36.3 Å². The third-order valence-electron chi connectivity index (χ3n) is 6.29. The average Bonchev–Trinajstić information content (AvgIpc) is 3.31. The van der Waals surface area contributed by atoms with Gasteiger partial charge in [-0.25, -0.2) is 4.79 Å². The van der Waals surface area contributed by atoms with E-state index >= 15 is 0 Å². The maximum atomic E-state index is 13.0. The first-order chi connectivity index (χ1) is 13.1. The number of hydrogen-bond donors (Lipinski definition) is 1. The molecule has 0 radical (unpaired) electrons. The highest BCUT2D eigenvalue weighted by Gasteiger charge is 2.48. The molecule has 3 amide bonds. The van der Waals surface area contributed by atoms with Crippen molar-refractivity contribution in [2.45, 2.75) is 37.1 Å². The fourth-order valence-corrected chi connectivity index (χ4v) is 4.69. The zero-order chi connectivity index (χ0) is 18.6. The molecule has 2 aliphatic heterocycles. The number of urea groups is 1. The molecule has 140 valence electrons. The van der Waals surface area contributed by atoms with E-state index in [0.717, 1.165) is 24.2 Å². The van der Waals surface area contributed by atoms with Gasteiger partial charge in [-0.3, -0.25) is 14.4 Å². The number of amides is 3. The third-order valence-corrected chi connectivity index (χ3v) is 6.29. The SMILES string of the molecule is Cn1cc(N2CCC(NC(=O)N3CC4(CCC4)c4ccccc43)C2=O)cn1. The molecule has 2 aromatic rings. The van der Waals surface area contributed by atoms with E-state index in [0.29, 0.717) is 19.5 Å². The van der Waals surface area contributed by atoms with Crippen LogP contribution < -0.4 is 15.1 Å². The van der Waals surface area contributed by atoms with Crippen LogP contribution in [0.15, 0.2) is 36.7 Å². The van der Waals surface area contributed by atoms with Gasteiger partial charge in [0.1, 0.15) is 6.04 Å². The number of nitrogens with zero attached hydrogens (tertiary/aromatic N) is 4. The predicted molar refractivity (Wildman–Crippen MR) is 102 cm³/mol. The monoisotopic (exact) mass is 365 g/mol. The van der Waals surface area contributed by atoms with E-state index in [4.69, 9.17) is 0 Å². The number of para-hydroxylation sites is 1. The Morgan fingerprint density at radius 2 is 2.11 bits per heavy atom. The topological polar surface area (TPSA) is 70.5 Å². The lowest BCUT2D eigenvalue weighted by molar-refractivity contribution is -0.118. The summed E-state index contributed by atoms with van der Waals surface area (Å²) >= 11 is 0. The number of anilines is 2. The zero-order valence-corrected chi connectivity index (χ0v) is 15.4. The van der Waals surface area contributed by atoms with Crippen LogP contribution in [0.2, 0.25) is 0 Å². The number of carbonyl (C=O) groups is 2. The standard InChI is InChI=1S/C20H23N5O2/c1-23-12-14(11-21-23)24-10-7-16(18(24)26)22-19(27)25-13-20(8-4-9-20)15-5-2-3-6-17(15)25/h2-3,5-6,11-12,16H,4,7-10,13H2,1H3,(H,22,27). The van der Waals surface area contributed by atoms with E-state index in [1.165, 1.54) is 12.0 Å². The van der Waals surface area contributed by atoms with Gasteiger partial charge >= 0.3 is 6.03 Å². The number of hydrogen-bond acceptors (Lipinski definition) is 3. The van der Waals surface area contributed by atoms with Crippen molar-refractivity contribution in [2.75, 3.05) is 22.9 Å². The fraction of sp³-hybridized carbons (Fsp3) is 0.450. The minimum atomic E-state index is -0.484. The van der Waals surface area contributed by atoms with Gasteiger partial charge in [-0.15, -0.1) is 0 Å². The predicted octanol–water partition coefficient (Wildman–Crippen LogP) is 2.18. The van der Waals surface area contributed by atoms with Crippen LogP contribution >= 0.6 is 0 Å². The second-order valence-corrected chi connectivity index (χ2v) is 7.89. The van der Waals surface area contributed by atoms with Crippen molar-refractivity contribution in [3.63, 3.8) is 0 Å². The smallest absolute Gasteiger partial charge is 0.322 e. The minimum absolute atomic E-state index is 0.0674. The molecule has 27 heavy (non-hydrogen) atoms. The normalized spacial score (nSPS) is 22.9. The summed E-state index contributed by atoms with van der Waals surface area (Å²) in [6.45, 7) is 1.31. The summed E-state index contributed by atoms with van der Waals surface area (Å²) in [5, 5.41) is 7.10. The van der Waals surface area contributed by atoms with Crippen molar-refractivity contribution in [2.24, 2.45) is 7.05 Å². The Hall–Kier alpha value is -2.83. The Labute approximate surface area is 157 Å². The maximum Gasteiger partial charge on any atom is 0.322 e. The Kier molecular flexibility index (Phi) is 3.54. The quantitative estimate of drug-likeness (QED) is 0.887. The summed E-state index contributed by atoms with van der Waals surface area (Å²) < 4.78 is 1.67. The van der Waals surface area contributed by atoms with Crippen LogP contribution in [0.4, 0.5) is 16.2 Å². The van der Waals surface area contributed by atoms with E-state index in [9.17, 15) is 9.59 Å². The summed E-state index contributed by atoms with van der Waals surface area (Å²) in [5.74, 6) is -0.0674. The van der Waals surface area contributed by atoms with Crippen molar-refractivity contribution in [1.82, 2.24) is 15.1 Å². The lowest BCUT2D eigenvalue weighted by atomic mass is 9.66. The first-order valence-electron chi connectivity index (χ1n) is 9.55. The largest absolute Gasteiger partial charge is 0.326 e. The van der Waals surface area contributed by atoms with Gasteiger partial charge in [0.2, 0.25) is 5.91 Å². The average molecular weight is 365 g/mol. The Morgan fingerprint density at radius 1 is 1.30 bits per heavy atom. The number of fused-ring (bicyclic) bond motifs is 2. The van der Waals surface area contributed by atoms with E-state index < -0.39 is 6.04 Å². The zero-order valence-electron chi connectivity index (χ0n) is 15.4. The first kappa shape index (κ1) is 16.4. The molecule has 7 heteroatoms. The molecule has 1 aromatic carbocycles. The summed E-state index contributed by atoms with van der Waals surface area (Å²) in [6, 6.07) is 7.53. The van der Waals surface area contributed by atoms with Crippen LogP contribution in [0, 0.1) is 0 Å². The summed E-state index contributed by atoms with van der Waals surface area (Å²) in [4.78, 5) is 29.3. The van der Waals surface area contributed by atoms with Crippen LogP contribution in [0.1, 0.15) is 31.2 Å². The Bertz CT molecular complexity index is 917. The Morgan fingerprint density at radius 3 is 2.81 bits per heavy atom. The molecule has 7 nitrogen and oxygen atoms in total. The number of carbonyl (C=O) groups excluding carboxylic acids is 2. The van der Waals surface area contributed by atoms with E-state index in [2.05, 4.69) is 16.5 Å². The third kappa shape index (κ3) is 2.44. The van der Waals surface area contributed by atoms with Crippen molar-refractivity contribution in [3.05, 3.63) is 42.2 Å². The highest BCUT2D eigenvalue weighted by molar-refractivity contribution is 6.03. The van der Waals surface area contributed by atoms with Crippen LogP contribution in [0.3, 0.4) is 0 Å². The molecular weight excluding hydrogens is 342 g/mol. The van der Waals surface area contributed by atoms with Crippen LogP contribution in [0.25, 0.3) is 0 Å². The number of aryl methyl sites for hydroxylation is 1. The molecule has 2 fully saturated rings. The van der Waals surface area contributed by atoms with Gasteiger partial charge in [0.25, 0.3) is 0 Å². The molecule has 3 heterocycles. The molecule has 0 bridgehead atoms. The molecule has 1 saturated carbocycles. The van der Waals surface area contributed by atoms with Gasteiger partial charge in [0.05, 0.1) is 11.9 Å². The van der Waals surface area contributed by atoms with Crippen LogP contribution in [0.5, 0.6) is 0 Å². The number of aromatic nitrogens is 2. The number of rotatable bonds is 2. The lowest BCUT2D eigenvalue weighted by Crippen LogP contribution is -2.50. The number of nitrogens with one attached hydrogen (secondary N) is 1. The molecular formula is C20H23N5O2. The van der Waals surface area contributed by atoms with E-state index in [1.54, 1.807) is 15.8 Å². The highest BCUT2D eigenvalue weighted by Crippen LogP contribution is 2.52. The minimum Gasteiger partial charge on any atom is -0.326 e. The van der Waals surface area contributed by atoms with Gasteiger partial charge in [0.15, 0.2) is 0 Å². The second kappa shape index (κ2) is 5.84. The van der Waals surface area contributed by atoms with Crippen molar-refractivity contribution in [1.29, 1.82) is 0 Å². The van der Waals surface area contributed by atoms with Crippen molar-refractivity contribution in [3.8, 4) is 0 Å². The molecule has 1 N–H and O–H groups in total. The molecule has 1 spiro atoms. The molecule has 1 saturated heterocycles. The van der Waals surface area contributed by atoms with Crippen LogP contribution in [-0.4, -0.2) is 40.9 Å². The summed E-state index contributed by atoms with van der Waals surface area (Å²) in [5.41, 5.74) is 3.17. The van der Waals surface area contributed by atoms with Gasteiger partial charge < -0.3 is 10.2 Å². The fourth-order valence-electron chi connectivity index (χ4n) is 4.69. The van der Waals surface area contributed by atoms with Crippen LogP contribution in [-0.2, 0) is 17.3 Å². The van der Waals surface area contributed by atoms with Gasteiger partial charge in [0, 0.05) is 37.4 Å². The summed E-state index contributed by atoms with van der Waals surface area (Å²) in [6.07, 6.45) is 7.58. The van der Waals surface area contributed by atoms with Crippen molar-refractivity contribution >= 4 is 23.3 Å². The molecule has 1 aliphatic carbocycles. The molecule has 1 aromatic heterocycles. The van der Waals surface area contributed by atoms with Gasteiger partial charge in [-0.2, -0.15) is 5.10 Å². The molecule has 1 unspecified atom stereocenters. The maximum absolute atomic E-state index is 13.0. The molecule has 3 aliphatic rings. The van der Waals surface area contributed by atoms with Crippen molar-refractivity contribution < 1.29 is 9.59 Å². The molecule has 1 atom stereocenters. The number of benzene rings is 1. The summed E-state index contributed by atoms with van der Waals surface area (Å²) in [7, 11) is 1.82. The molecule has 5 rings (SSSR count). The lowest BCUT2D eigenvalue weighted by Gasteiger charge is -2.39. The van der Waals surface area contributed by atoms with Gasteiger partial charge in [-0.05, 0) is 30.9 Å². The van der Waals surface area contributed by atoms with Gasteiger partial charge in [-0.1, -0.05) is 24.6 Å². The van der Waals surface area contributed by atoms with E-state index in [-0.39, 0.29) is 17.4 Å². The Balaban J connectivity index is 1.32. The second-order valence-electron chi connectivity index (χ2n) is 7.89. The highest BCUT2D eigenvalue weighted by atomic mass is 16.2.